The summed E-state index contributed by atoms with van der Waals surface area (Å²) in [4.78, 5) is 0. The first kappa shape index (κ1) is 12.6. The zero-order valence-corrected chi connectivity index (χ0v) is 10.9. The van der Waals surface area contributed by atoms with Crippen LogP contribution in [0.25, 0.3) is 11.3 Å². The van der Waals surface area contributed by atoms with Crippen LogP contribution >= 0.6 is 0 Å². The molecule has 18 heavy (non-hydrogen) atoms. The normalized spacial score (nSPS) is 10.9. The van der Waals surface area contributed by atoms with Crippen LogP contribution < -0.4 is 10.5 Å². The lowest BCUT2D eigenvalue weighted by Crippen LogP contribution is -1.93. The molecule has 1 heterocycles. The summed E-state index contributed by atoms with van der Waals surface area (Å²) in [5.74, 6) is 1.91. The summed E-state index contributed by atoms with van der Waals surface area (Å²) in [6.07, 6.45) is 0. The van der Waals surface area contributed by atoms with E-state index in [1.165, 1.54) is 5.56 Å². The zero-order chi connectivity index (χ0) is 13.1. The van der Waals surface area contributed by atoms with Crippen LogP contribution in [0.15, 0.2) is 28.8 Å². The van der Waals surface area contributed by atoms with Crippen LogP contribution in [0.2, 0.25) is 0 Å². The third-order valence-electron chi connectivity index (χ3n) is 2.93. The van der Waals surface area contributed by atoms with Crippen molar-refractivity contribution in [3.8, 4) is 17.0 Å². The molecule has 4 nitrogen and oxygen atoms in total. The molecule has 0 aliphatic heterocycles. The molecule has 0 unspecified atom stereocenters. The van der Waals surface area contributed by atoms with E-state index in [1.807, 2.05) is 12.1 Å². The van der Waals surface area contributed by atoms with Gasteiger partial charge in [0.25, 0.3) is 0 Å². The molecule has 0 bridgehead atoms. The van der Waals surface area contributed by atoms with Crippen molar-refractivity contribution in [1.82, 2.24) is 5.16 Å². The maximum absolute atomic E-state index is 5.52. The van der Waals surface area contributed by atoms with Crippen LogP contribution in [0.5, 0.6) is 5.75 Å². The molecule has 1 aromatic carbocycles. The standard InChI is InChI=1S/C14H18N2O2/c1-9(2)10-4-5-14(17-3)12(6-10)13-7-11(8-15)18-16-13/h4-7,9H,8,15H2,1-3H3. The van der Waals surface area contributed by atoms with E-state index in [1.54, 1.807) is 7.11 Å². The van der Waals surface area contributed by atoms with Crippen LogP contribution in [-0.4, -0.2) is 12.3 Å². The Morgan fingerprint density at radius 2 is 2.11 bits per heavy atom. The molecular formula is C14H18N2O2. The molecule has 0 atom stereocenters. The number of nitrogens with two attached hydrogens (primary N) is 1. The summed E-state index contributed by atoms with van der Waals surface area (Å²) in [5.41, 5.74) is 8.46. The minimum Gasteiger partial charge on any atom is -0.496 e. The van der Waals surface area contributed by atoms with Gasteiger partial charge in [0.05, 0.1) is 13.7 Å². The number of rotatable bonds is 4. The van der Waals surface area contributed by atoms with Crippen LogP contribution in [-0.2, 0) is 6.54 Å². The van der Waals surface area contributed by atoms with Crippen molar-refractivity contribution in [3.05, 3.63) is 35.6 Å². The molecule has 2 aromatic rings. The lowest BCUT2D eigenvalue weighted by molar-refractivity contribution is 0.385. The maximum Gasteiger partial charge on any atom is 0.150 e. The molecule has 0 radical (unpaired) electrons. The lowest BCUT2D eigenvalue weighted by atomic mass is 9.99. The Morgan fingerprint density at radius 3 is 2.67 bits per heavy atom. The number of nitrogens with zero attached hydrogens (tertiary/aromatic N) is 1. The third kappa shape index (κ3) is 2.38. The van der Waals surface area contributed by atoms with E-state index < -0.39 is 0 Å². The molecule has 0 spiro atoms. The number of methoxy groups -OCH3 is 1. The van der Waals surface area contributed by atoms with E-state index in [2.05, 4.69) is 31.1 Å². The van der Waals surface area contributed by atoms with Gasteiger partial charge in [0, 0.05) is 11.6 Å². The lowest BCUT2D eigenvalue weighted by Gasteiger charge is -2.10. The molecule has 0 fully saturated rings. The molecule has 4 heteroatoms. The van der Waals surface area contributed by atoms with Gasteiger partial charge in [0.1, 0.15) is 11.4 Å². The molecule has 2 N–H and O–H groups in total. The van der Waals surface area contributed by atoms with E-state index in [0.717, 1.165) is 17.0 Å². The van der Waals surface area contributed by atoms with Gasteiger partial charge < -0.3 is 15.0 Å². The average Bonchev–Trinajstić information content (AvgIpc) is 2.86. The fourth-order valence-electron chi connectivity index (χ4n) is 1.82. The van der Waals surface area contributed by atoms with Crippen molar-refractivity contribution in [1.29, 1.82) is 0 Å². The molecule has 96 valence electrons. The maximum atomic E-state index is 5.52. The van der Waals surface area contributed by atoms with Gasteiger partial charge in [0.2, 0.25) is 0 Å². The number of aromatic nitrogens is 1. The highest BCUT2D eigenvalue weighted by atomic mass is 16.5. The van der Waals surface area contributed by atoms with Gasteiger partial charge in [-0.25, -0.2) is 0 Å². The Morgan fingerprint density at radius 1 is 1.33 bits per heavy atom. The first-order valence-electron chi connectivity index (χ1n) is 5.99. The van der Waals surface area contributed by atoms with E-state index >= 15 is 0 Å². The molecule has 1 aromatic heterocycles. The number of hydrogen-bond acceptors (Lipinski definition) is 4. The Labute approximate surface area is 107 Å². The van der Waals surface area contributed by atoms with Crippen molar-refractivity contribution in [2.45, 2.75) is 26.3 Å². The summed E-state index contributed by atoms with van der Waals surface area (Å²) in [6, 6.07) is 7.96. The summed E-state index contributed by atoms with van der Waals surface area (Å²) in [5, 5.41) is 4.03. The fraction of sp³-hybridized carbons (Fsp3) is 0.357. The molecule has 0 saturated carbocycles. The van der Waals surface area contributed by atoms with E-state index in [0.29, 0.717) is 18.2 Å². The van der Waals surface area contributed by atoms with Crippen LogP contribution in [0.1, 0.15) is 31.1 Å². The van der Waals surface area contributed by atoms with Gasteiger partial charge >= 0.3 is 0 Å². The number of hydrogen-bond donors (Lipinski definition) is 1. The topological polar surface area (TPSA) is 61.3 Å². The molecule has 2 rings (SSSR count). The van der Waals surface area contributed by atoms with Gasteiger partial charge in [-0.3, -0.25) is 0 Å². The van der Waals surface area contributed by atoms with Crippen LogP contribution in [0.3, 0.4) is 0 Å². The minimum absolute atomic E-state index is 0.346. The zero-order valence-electron chi connectivity index (χ0n) is 10.9. The SMILES string of the molecule is COc1ccc(C(C)C)cc1-c1cc(CN)on1. The van der Waals surface area contributed by atoms with Crippen molar-refractivity contribution in [3.63, 3.8) is 0 Å². The van der Waals surface area contributed by atoms with Crippen LogP contribution in [0.4, 0.5) is 0 Å². The van der Waals surface area contributed by atoms with Crippen molar-refractivity contribution in [2.24, 2.45) is 5.73 Å². The van der Waals surface area contributed by atoms with Gasteiger partial charge in [-0.1, -0.05) is 25.1 Å². The van der Waals surface area contributed by atoms with Crippen molar-refractivity contribution >= 4 is 0 Å². The van der Waals surface area contributed by atoms with Crippen LogP contribution in [0, 0.1) is 0 Å². The Bertz CT molecular complexity index is 532. The van der Waals surface area contributed by atoms with Gasteiger partial charge in [-0.15, -0.1) is 0 Å². The average molecular weight is 246 g/mol. The highest BCUT2D eigenvalue weighted by molar-refractivity contribution is 5.68. The minimum atomic E-state index is 0.346. The van der Waals surface area contributed by atoms with Crippen molar-refractivity contribution < 1.29 is 9.26 Å². The third-order valence-corrected chi connectivity index (χ3v) is 2.93. The summed E-state index contributed by atoms with van der Waals surface area (Å²) < 4.78 is 10.5. The molecule has 0 aliphatic rings. The molecule has 0 saturated heterocycles. The number of ether oxygens (including phenoxy) is 1. The second kappa shape index (κ2) is 5.23. The quantitative estimate of drug-likeness (QED) is 0.901. The van der Waals surface area contributed by atoms with E-state index in [9.17, 15) is 0 Å². The van der Waals surface area contributed by atoms with Gasteiger partial charge in [0.15, 0.2) is 5.76 Å². The predicted octanol–water partition coefficient (Wildman–Crippen LogP) is 2.93. The number of benzene rings is 1. The predicted molar refractivity (Wildman–Crippen MR) is 70.5 cm³/mol. The first-order valence-corrected chi connectivity index (χ1v) is 5.99. The highest BCUT2D eigenvalue weighted by Crippen LogP contribution is 2.32. The Balaban J connectivity index is 2.49. The summed E-state index contributed by atoms with van der Waals surface area (Å²) in [6.45, 7) is 4.65. The monoisotopic (exact) mass is 246 g/mol. The van der Waals surface area contributed by atoms with Gasteiger partial charge in [-0.2, -0.15) is 0 Å². The van der Waals surface area contributed by atoms with E-state index in [-0.39, 0.29) is 0 Å². The Hall–Kier alpha value is -1.81. The highest BCUT2D eigenvalue weighted by Gasteiger charge is 2.13. The van der Waals surface area contributed by atoms with Crippen molar-refractivity contribution in [2.75, 3.05) is 7.11 Å². The Kier molecular flexibility index (Phi) is 3.67. The van der Waals surface area contributed by atoms with E-state index in [4.69, 9.17) is 15.0 Å². The summed E-state index contributed by atoms with van der Waals surface area (Å²) in [7, 11) is 1.65. The smallest absolute Gasteiger partial charge is 0.150 e. The second-order valence-corrected chi connectivity index (χ2v) is 4.50. The molecule has 0 amide bonds. The molecule has 0 aliphatic carbocycles. The molecular weight excluding hydrogens is 228 g/mol. The fourth-order valence-corrected chi connectivity index (χ4v) is 1.82. The first-order chi connectivity index (χ1) is 8.65. The van der Waals surface area contributed by atoms with Gasteiger partial charge in [-0.05, 0) is 23.6 Å². The summed E-state index contributed by atoms with van der Waals surface area (Å²) >= 11 is 0. The largest absolute Gasteiger partial charge is 0.496 e. The second-order valence-electron chi connectivity index (χ2n) is 4.50.